The fourth-order valence-corrected chi connectivity index (χ4v) is 3.06. The van der Waals surface area contributed by atoms with Crippen LogP contribution in [0.1, 0.15) is 40.5 Å². The predicted molar refractivity (Wildman–Crippen MR) is 90.9 cm³/mol. The van der Waals surface area contributed by atoms with Crippen molar-refractivity contribution < 1.29 is 9.53 Å². The molecule has 3 rings (SSSR count). The molecule has 0 spiro atoms. The number of hydrogen-bond acceptors (Lipinski definition) is 6. The van der Waals surface area contributed by atoms with Gasteiger partial charge in [0.25, 0.3) is 0 Å². The number of aromatic nitrogens is 4. The topological polar surface area (TPSA) is 96.0 Å². The molecule has 0 aromatic carbocycles. The molecule has 2 atom stereocenters. The van der Waals surface area contributed by atoms with E-state index in [2.05, 4.69) is 37.1 Å². The first-order valence-electron chi connectivity index (χ1n) is 8.24. The lowest BCUT2D eigenvalue weighted by Crippen LogP contribution is -2.50. The van der Waals surface area contributed by atoms with Gasteiger partial charge in [0.15, 0.2) is 11.5 Å². The van der Waals surface area contributed by atoms with E-state index in [1.165, 1.54) is 6.33 Å². The SMILES string of the molecule is CC1CC(NC(=O)OC(C)(C)C)CCN1c1ncnc2nc[nH]c12. The van der Waals surface area contributed by atoms with E-state index in [0.29, 0.717) is 5.65 Å². The van der Waals surface area contributed by atoms with E-state index in [1.54, 1.807) is 6.33 Å². The van der Waals surface area contributed by atoms with E-state index in [4.69, 9.17) is 4.74 Å². The lowest BCUT2D eigenvalue weighted by molar-refractivity contribution is 0.0494. The first-order valence-corrected chi connectivity index (χ1v) is 8.24. The largest absolute Gasteiger partial charge is 0.444 e. The van der Waals surface area contributed by atoms with Gasteiger partial charge in [0.05, 0.1) is 6.33 Å². The Labute approximate surface area is 141 Å². The summed E-state index contributed by atoms with van der Waals surface area (Å²) in [7, 11) is 0. The molecular formula is C16H24N6O2. The number of alkyl carbamates (subject to hydrolysis) is 1. The minimum Gasteiger partial charge on any atom is -0.444 e. The Morgan fingerprint density at radius 1 is 1.38 bits per heavy atom. The number of aromatic amines is 1. The quantitative estimate of drug-likeness (QED) is 0.875. The maximum Gasteiger partial charge on any atom is 0.407 e. The number of H-pyrrole nitrogens is 1. The molecule has 0 aliphatic carbocycles. The molecule has 2 N–H and O–H groups in total. The summed E-state index contributed by atoms with van der Waals surface area (Å²) in [5.74, 6) is 0.862. The minimum absolute atomic E-state index is 0.102. The number of amides is 1. The molecule has 2 aromatic heterocycles. The Morgan fingerprint density at radius 3 is 2.88 bits per heavy atom. The zero-order valence-corrected chi connectivity index (χ0v) is 14.5. The molecule has 0 radical (unpaired) electrons. The van der Waals surface area contributed by atoms with E-state index in [0.717, 1.165) is 30.7 Å². The molecule has 24 heavy (non-hydrogen) atoms. The first kappa shape index (κ1) is 16.5. The Bertz CT molecular complexity index is 723. The molecular weight excluding hydrogens is 308 g/mol. The molecule has 1 aliphatic heterocycles. The lowest BCUT2D eigenvalue weighted by atomic mass is 9.98. The van der Waals surface area contributed by atoms with E-state index in [1.807, 2.05) is 20.8 Å². The van der Waals surface area contributed by atoms with Crippen molar-refractivity contribution in [1.29, 1.82) is 0 Å². The molecule has 1 saturated heterocycles. The highest BCUT2D eigenvalue weighted by Crippen LogP contribution is 2.27. The Kier molecular flexibility index (Phi) is 4.29. The van der Waals surface area contributed by atoms with Gasteiger partial charge in [-0.05, 0) is 40.5 Å². The number of fused-ring (bicyclic) bond motifs is 1. The number of nitrogens with one attached hydrogen (secondary N) is 2. The van der Waals surface area contributed by atoms with Gasteiger partial charge in [-0.1, -0.05) is 0 Å². The highest BCUT2D eigenvalue weighted by atomic mass is 16.6. The number of piperidine rings is 1. The first-order chi connectivity index (χ1) is 11.3. The minimum atomic E-state index is -0.483. The zero-order chi connectivity index (χ0) is 17.3. The fraction of sp³-hybridized carbons (Fsp3) is 0.625. The molecule has 130 valence electrons. The summed E-state index contributed by atoms with van der Waals surface area (Å²) in [6, 6.07) is 0.338. The van der Waals surface area contributed by atoms with Crippen molar-refractivity contribution in [2.45, 2.75) is 58.2 Å². The van der Waals surface area contributed by atoms with Crippen LogP contribution in [0.5, 0.6) is 0 Å². The maximum absolute atomic E-state index is 11.9. The van der Waals surface area contributed by atoms with Gasteiger partial charge < -0.3 is 19.9 Å². The number of ether oxygens (including phenoxy) is 1. The van der Waals surface area contributed by atoms with Crippen molar-refractivity contribution in [2.24, 2.45) is 0 Å². The Hall–Kier alpha value is -2.38. The van der Waals surface area contributed by atoms with Crippen molar-refractivity contribution in [3.63, 3.8) is 0 Å². The van der Waals surface area contributed by atoms with Crippen LogP contribution >= 0.6 is 0 Å². The second-order valence-electron chi connectivity index (χ2n) is 7.21. The number of imidazole rings is 1. The van der Waals surface area contributed by atoms with Crippen molar-refractivity contribution in [1.82, 2.24) is 25.3 Å². The van der Waals surface area contributed by atoms with Crippen LogP contribution in [0.25, 0.3) is 11.2 Å². The molecule has 1 fully saturated rings. The summed E-state index contributed by atoms with van der Waals surface area (Å²) in [5.41, 5.74) is 1.04. The smallest absolute Gasteiger partial charge is 0.407 e. The highest BCUT2D eigenvalue weighted by molar-refractivity contribution is 5.82. The molecule has 3 heterocycles. The lowest BCUT2D eigenvalue weighted by Gasteiger charge is -2.38. The second kappa shape index (κ2) is 6.26. The van der Waals surface area contributed by atoms with Crippen molar-refractivity contribution in [3.8, 4) is 0 Å². The Balaban J connectivity index is 1.65. The summed E-state index contributed by atoms with van der Waals surface area (Å²) in [6.07, 6.45) is 4.48. The van der Waals surface area contributed by atoms with Gasteiger partial charge in [-0.2, -0.15) is 0 Å². The van der Waals surface area contributed by atoms with Crippen LogP contribution in [-0.4, -0.2) is 50.3 Å². The number of carbonyl (C=O) groups excluding carboxylic acids is 1. The van der Waals surface area contributed by atoms with Crippen LogP contribution in [0.4, 0.5) is 10.6 Å². The van der Waals surface area contributed by atoms with Gasteiger partial charge in [-0.25, -0.2) is 19.7 Å². The molecule has 8 nitrogen and oxygen atoms in total. The van der Waals surface area contributed by atoms with Crippen LogP contribution in [0.2, 0.25) is 0 Å². The third-order valence-electron chi connectivity index (χ3n) is 4.07. The number of hydrogen-bond donors (Lipinski definition) is 2. The average molecular weight is 332 g/mol. The summed E-state index contributed by atoms with van der Waals surface area (Å²) < 4.78 is 5.34. The average Bonchev–Trinajstić information content (AvgIpc) is 2.94. The number of nitrogens with zero attached hydrogens (tertiary/aromatic N) is 4. The molecule has 2 aromatic rings. The van der Waals surface area contributed by atoms with E-state index >= 15 is 0 Å². The normalized spacial score (nSPS) is 21.8. The van der Waals surface area contributed by atoms with Gasteiger partial charge in [0.1, 0.15) is 17.4 Å². The van der Waals surface area contributed by atoms with Gasteiger partial charge in [-0.3, -0.25) is 0 Å². The highest BCUT2D eigenvalue weighted by Gasteiger charge is 2.29. The van der Waals surface area contributed by atoms with Gasteiger partial charge in [0.2, 0.25) is 0 Å². The van der Waals surface area contributed by atoms with Gasteiger partial charge in [0, 0.05) is 18.6 Å². The summed E-state index contributed by atoms with van der Waals surface area (Å²) in [6.45, 7) is 8.52. The summed E-state index contributed by atoms with van der Waals surface area (Å²) in [4.78, 5) is 30.0. The second-order valence-corrected chi connectivity index (χ2v) is 7.21. The van der Waals surface area contributed by atoms with E-state index in [-0.39, 0.29) is 18.2 Å². The van der Waals surface area contributed by atoms with Crippen LogP contribution in [0, 0.1) is 0 Å². The molecule has 0 saturated carbocycles. The van der Waals surface area contributed by atoms with Crippen LogP contribution in [0.15, 0.2) is 12.7 Å². The molecule has 8 heteroatoms. The standard InChI is InChI=1S/C16H24N6O2/c1-10-7-11(21-15(23)24-16(2,3)4)5-6-22(10)14-12-13(18-8-17-12)19-9-20-14/h8-11H,5-7H2,1-4H3,(H,21,23)(H,17,18,19,20). The third kappa shape index (κ3) is 3.58. The molecule has 1 amide bonds. The summed E-state index contributed by atoms with van der Waals surface area (Å²) >= 11 is 0. The third-order valence-corrected chi connectivity index (χ3v) is 4.07. The number of rotatable bonds is 2. The predicted octanol–water partition coefficient (Wildman–Crippen LogP) is 2.23. The van der Waals surface area contributed by atoms with Gasteiger partial charge >= 0.3 is 6.09 Å². The van der Waals surface area contributed by atoms with Crippen molar-refractivity contribution in [2.75, 3.05) is 11.4 Å². The van der Waals surface area contributed by atoms with E-state index < -0.39 is 5.60 Å². The van der Waals surface area contributed by atoms with Crippen molar-refractivity contribution in [3.05, 3.63) is 12.7 Å². The molecule has 2 unspecified atom stereocenters. The maximum atomic E-state index is 11.9. The number of carbonyl (C=O) groups is 1. The fourth-order valence-electron chi connectivity index (χ4n) is 3.06. The summed E-state index contributed by atoms with van der Waals surface area (Å²) in [5, 5.41) is 2.97. The van der Waals surface area contributed by atoms with Crippen LogP contribution in [-0.2, 0) is 4.74 Å². The molecule has 1 aliphatic rings. The van der Waals surface area contributed by atoms with E-state index in [9.17, 15) is 4.79 Å². The van der Waals surface area contributed by atoms with Crippen molar-refractivity contribution >= 4 is 23.1 Å². The Morgan fingerprint density at radius 2 is 2.17 bits per heavy atom. The van der Waals surface area contributed by atoms with Gasteiger partial charge in [-0.15, -0.1) is 0 Å². The van der Waals surface area contributed by atoms with Crippen LogP contribution < -0.4 is 10.2 Å². The monoisotopic (exact) mass is 332 g/mol. The number of anilines is 1. The van der Waals surface area contributed by atoms with Crippen LogP contribution in [0.3, 0.4) is 0 Å². The molecule has 0 bridgehead atoms. The zero-order valence-electron chi connectivity index (χ0n) is 14.5.